The fourth-order valence-electron chi connectivity index (χ4n) is 3.13. The molecule has 1 amide bonds. The maximum atomic E-state index is 11.8. The molecular formula is C21H28N4O2. The number of nitrogens with two attached hydrogens (primary N) is 1. The summed E-state index contributed by atoms with van der Waals surface area (Å²) in [6.45, 7) is 7.41. The van der Waals surface area contributed by atoms with Gasteiger partial charge in [0.25, 0.3) is 0 Å². The van der Waals surface area contributed by atoms with Crippen LogP contribution in [0.25, 0.3) is 5.70 Å². The number of hydrogen-bond donors (Lipinski definition) is 2. The number of hydrogen-bond acceptors (Lipinski definition) is 4. The second-order valence-electron chi connectivity index (χ2n) is 7.11. The van der Waals surface area contributed by atoms with Crippen LogP contribution in [0.1, 0.15) is 54.1 Å². The monoisotopic (exact) mass is 368 g/mol. The molecule has 1 fully saturated rings. The van der Waals surface area contributed by atoms with Gasteiger partial charge in [-0.25, -0.2) is 9.78 Å². The second-order valence-corrected chi connectivity index (χ2v) is 7.11. The van der Waals surface area contributed by atoms with Gasteiger partial charge in [-0.2, -0.15) is 0 Å². The molecule has 0 atom stereocenters. The maximum absolute atomic E-state index is 11.8. The summed E-state index contributed by atoms with van der Waals surface area (Å²) < 4.78 is 7.30. The molecule has 27 heavy (non-hydrogen) atoms. The molecule has 6 heteroatoms. The van der Waals surface area contributed by atoms with Crippen molar-refractivity contribution in [2.45, 2.75) is 51.6 Å². The van der Waals surface area contributed by atoms with E-state index in [0.717, 1.165) is 42.3 Å². The molecule has 1 aromatic heterocycles. The van der Waals surface area contributed by atoms with E-state index in [0.29, 0.717) is 18.8 Å². The zero-order valence-electron chi connectivity index (χ0n) is 15.9. The maximum Gasteiger partial charge on any atom is 0.407 e. The minimum atomic E-state index is -0.368. The molecule has 1 aliphatic rings. The highest BCUT2D eigenvalue weighted by atomic mass is 16.5. The van der Waals surface area contributed by atoms with Crippen LogP contribution >= 0.6 is 0 Å². The Morgan fingerprint density at radius 2 is 2.22 bits per heavy atom. The predicted octanol–water partition coefficient (Wildman–Crippen LogP) is 3.70. The third-order valence-electron chi connectivity index (χ3n) is 4.87. The SMILES string of the molecule is C=C(N)c1ncn(CCCCOC(=O)NCc2cccc(C3CC3)c2)c1C. The lowest BCUT2D eigenvalue weighted by Crippen LogP contribution is -2.24. The van der Waals surface area contributed by atoms with Crippen LogP contribution in [-0.2, 0) is 17.8 Å². The quantitative estimate of drug-likeness (QED) is 0.661. The molecule has 1 aliphatic carbocycles. The van der Waals surface area contributed by atoms with Gasteiger partial charge in [0.05, 0.1) is 18.6 Å². The lowest BCUT2D eigenvalue weighted by molar-refractivity contribution is 0.143. The average molecular weight is 368 g/mol. The highest BCUT2D eigenvalue weighted by Gasteiger charge is 2.23. The van der Waals surface area contributed by atoms with Gasteiger partial charge in [0.15, 0.2) is 0 Å². The minimum absolute atomic E-state index is 0.368. The summed E-state index contributed by atoms with van der Waals surface area (Å²) in [5.74, 6) is 0.718. The fourth-order valence-corrected chi connectivity index (χ4v) is 3.13. The Kier molecular flexibility index (Phi) is 6.16. The van der Waals surface area contributed by atoms with E-state index in [-0.39, 0.29) is 6.09 Å². The summed E-state index contributed by atoms with van der Waals surface area (Å²) in [6.07, 6.45) is 5.64. The molecule has 0 radical (unpaired) electrons. The molecule has 6 nitrogen and oxygen atoms in total. The Morgan fingerprint density at radius 1 is 1.41 bits per heavy atom. The number of nitrogens with zero attached hydrogens (tertiary/aromatic N) is 2. The minimum Gasteiger partial charge on any atom is -0.450 e. The zero-order chi connectivity index (χ0) is 19.2. The average Bonchev–Trinajstić information content (AvgIpc) is 3.44. The van der Waals surface area contributed by atoms with E-state index in [1.54, 1.807) is 6.33 Å². The van der Waals surface area contributed by atoms with Gasteiger partial charge in [-0.05, 0) is 49.7 Å². The number of ether oxygens (including phenoxy) is 1. The molecular weight excluding hydrogens is 340 g/mol. The van der Waals surface area contributed by atoms with Crippen molar-refractivity contribution in [3.05, 3.63) is 59.7 Å². The highest BCUT2D eigenvalue weighted by Crippen LogP contribution is 2.40. The number of aryl methyl sites for hydroxylation is 1. The van der Waals surface area contributed by atoms with Gasteiger partial charge in [-0.15, -0.1) is 0 Å². The lowest BCUT2D eigenvalue weighted by Gasteiger charge is -2.09. The third-order valence-corrected chi connectivity index (χ3v) is 4.87. The summed E-state index contributed by atoms with van der Waals surface area (Å²) >= 11 is 0. The normalized spacial score (nSPS) is 13.4. The van der Waals surface area contributed by atoms with Crippen molar-refractivity contribution >= 4 is 11.8 Å². The molecule has 0 saturated heterocycles. The molecule has 3 rings (SSSR count). The molecule has 3 N–H and O–H groups in total. The zero-order valence-corrected chi connectivity index (χ0v) is 15.9. The topological polar surface area (TPSA) is 82.2 Å². The van der Waals surface area contributed by atoms with Gasteiger partial charge in [0, 0.05) is 18.8 Å². The van der Waals surface area contributed by atoms with E-state index in [2.05, 4.69) is 35.1 Å². The van der Waals surface area contributed by atoms with E-state index in [1.165, 1.54) is 18.4 Å². The van der Waals surface area contributed by atoms with Crippen molar-refractivity contribution in [1.29, 1.82) is 0 Å². The molecule has 1 saturated carbocycles. The molecule has 0 bridgehead atoms. The van der Waals surface area contributed by atoms with E-state index in [9.17, 15) is 4.79 Å². The van der Waals surface area contributed by atoms with E-state index < -0.39 is 0 Å². The van der Waals surface area contributed by atoms with Crippen LogP contribution in [0, 0.1) is 6.92 Å². The molecule has 2 aromatic rings. The van der Waals surface area contributed by atoms with Gasteiger partial charge < -0.3 is 20.4 Å². The molecule has 0 spiro atoms. The Balaban J connectivity index is 1.32. The van der Waals surface area contributed by atoms with Crippen LogP contribution in [0.3, 0.4) is 0 Å². The Labute approximate surface area is 160 Å². The van der Waals surface area contributed by atoms with Crippen molar-refractivity contribution < 1.29 is 9.53 Å². The van der Waals surface area contributed by atoms with Crippen molar-refractivity contribution in [1.82, 2.24) is 14.9 Å². The van der Waals surface area contributed by atoms with Crippen LogP contribution < -0.4 is 11.1 Å². The van der Waals surface area contributed by atoms with Crippen LogP contribution in [0.15, 0.2) is 37.2 Å². The Hall–Kier alpha value is -2.76. The van der Waals surface area contributed by atoms with Crippen LogP contribution in [0.4, 0.5) is 4.79 Å². The van der Waals surface area contributed by atoms with Crippen LogP contribution in [-0.4, -0.2) is 22.3 Å². The van der Waals surface area contributed by atoms with Gasteiger partial charge in [0.2, 0.25) is 0 Å². The molecule has 0 aliphatic heterocycles. The number of imidazole rings is 1. The van der Waals surface area contributed by atoms with Crippen LogP contribution in [0.2, 0.25) is 0 Å². The van der Waals surface area contributed by atoms with E-state index in [1.807, 2.05) is 17.6 Å². The predicted molar refractivity (Wildman–Crippen MR) is 106 cm³/mol. The number of benzene rings is 1. The number of nitrogens with one attached hydrogen (secondary N) is 1. The summed E-state index contributed by atoms with van der Waals surface area (Å²) in [6, 6.07) is 8.42. The van der Waals surface area contributed by atoms with Gasteiger partial charge in [0.1, 0.15) is 5.69 Å². The highest BCUT2D eigenvalue weighted by molar-refractivity contribution is 5.67. The van der Waals surface area contributed by atoms with Crippen molar-refractivity contribution in [3.8, 4) is 0 Å². The van der Waals surface area contributed by atoms with Crippen molar-refractivity contribution in [2.75, 3.05) is 6.61 Å². The Morgan fingerprint density at radius 3 is 2.93 bits per heavy atom. The van der Waals surface area contributed by atoms with Crippen molar-refractivity contribution in [2.24, 2.45) is 5.73 Å². The van der Waals surface area contributed by atoms with E-state index in [4.69, 9.17) is 10.5 Å². The molecule has 0 unspecified atom stereocenters. The first kappa shape index (κ1) is 19.0. The number of alkyl carbamates (subject to hydrolysis) is 1. The summed E-state index contributed by atoms with van der Waals surface area (Å²) in [5, 5.41) is 2.82. The molecule has 144 valence electrons. The molecule has 1 aromatic carbocycles. The first-order valence-electron chi connectivity index (χ1n) is 9.50. The fraction of sp³-hybridized carbons (Fsp3) is 0.429. The smallest absolute Gasteiger partial charge is 0.407 e. The third kappa shape index (κ3) is 5.36. The molecule has 1 heterocycles. The number of aromatic nitrogens is 2. The number of carbonyl (C=O) groups is 1. The largest absolute Gasteiger partial charge is 0.450 e. The van der Waals surface area contributed by atoms with E-state index >= 15 is 0 Å². The van der Waals surface area contributed by atoms with Gasteiger partial charge in [-0.1, -0.05) is 30.8 Å². The number of rotatable bonds is 9. The first-order chi connectivity index (χ1) is 13.0. The first-order valence-corrected chi connectivity index (χ1v) is 9.50. The lowest BCUT2D eigenvalue weighted by atomic mass is 10.1. The van der Waals surface area contributed by atoms with Crippen LogP contribution in [0.5, 0.6) is 0 Å². The number of amides is 1. The Bertz CT molecular complexity index is 808. The van der Waals surface area contributed by atoms with Gasteiger partial charge >= 0.3 is 6.09 Å². The summed E-state index contributed by atoms with van der Waals surface area (Å²) in [4.78, 5) is 16.1. The number of unbranched alkanes of at least 4 members (excludes halogenated alkanes) is 1. The second kappa shape index (κ2) is 8.75. The summed E-state index contributed by atoms with van der Waals surface area (Å²) in [7, 11) is 0. The number of carbonyl (C=O) groups excluding carboxylic acids is 1. The summed E-state index contributed by atoms with van der Waals surface area (Å²) in [5.41, 5.74) is 10.4. The van der Waals surface area contributed by atoms with Gasteiger partial charge in [-0.3, -0.25) is 0 Å². The van der Waals surface area contributed by atoms with Crippen molar-refractivity contribution in [3.63, 3.8) is 0 Å². The standard InChI is InChI=1S/C21H28N4O2/c1-15(22)20-16(2)25(14-24-20)10-3-4-11-27-21(26)23-13-17-6-5-7-19(12-17)18-8-9-18/h5-7,12,14,18H,1,3-4,8-11,13,22H2,2H3,(H,23,26).